The van der Waals surface area contributed by atoms with Gasteiger partial charge in [0.2, 0.25) is 0 Å². The third kappa shape index (κ3) is 4.83. The molecule has 0 bridgehead atoms. The Balaban J connectivity index is 1.53. The van der Waals surface area contributed by atoms with E-state index in [1.165, 1.54) is 0 Å². The van der Waals surface area contributed by atoms with E-state index in [1.807, 2.05) is 48.6 Å². The zero-order valence-electron chi connectivity index (χ0n) is 15.9. The summed E-state index contributed by atoms with van der Waals surface area (Å²) in [6.07, 6.45) is 7.72. The van der Waals surface area contributed by atoms with E-state index in [0.717, 1.165) is 42.8 Å². The zero-order chi connectivity index (χ0) is 19.0. The average Bonchev–Trinajstić information content (AvgIpc) is 2.78. The number of benzene rings is 2. The Morgan fingerprint density at radius 1 is 0.964 bits per heavy atom. The summed E-state index contributed by atoms with van der Waals surface area (Å²) in [6, 6.07) is 20.3. The summed E-state index contributed by atoms with van der Waals surface area (Å²) in [7, 11) is 0. The SMILES string of the molecule is C1=COC(C(OC2CCCCO2)c2ccccc2)C(OCc2ccccc2)=C1. The van der Waals surface area contributed by atoms with Crippen LogP contribution in [0.25, 0.3) is 0 Å². The van der Waals surface area contributed by atoms with E-state index < -0.39 is 0 Å². The lowest BCUT2D eigenvalue weighted by Crippen LogP contribution is -2.33. The highest BCUT2D eigenvalue weighted by Gasteiger charge is 2.34. The van der Waals surface area contributed by atoms with Gasteiger partial charge in [-0.25, -0.2) is 0 Å². The van der Waals surface area contributed by atoms with E-state index in [4.69, 9.17) is 18.9 Å². The minimum atomic E-state index is -0.360. The Bertz CT molecular complexity index is 779. The fraction of sp³-hybridized carbons (Fsp3) is 0.333. The first kappa shape index (κ1) is 18.8. The van der Waals surface area contributed by atoms with Crippen molar-refractivity contribution in [3.05, 3.63) is 96.0 Å². The predicted molar refractivity (Wildman–Crippen MR) is 107 cm³/mol. The van der Waals surface area contributed by atoms with Gasteiger partial charge in [-0.05, 0) is 42.5 Å². The summed E-state index contributed by atoms with van der Waals surface area (Å²) in [5.41, 5.74) is 2.16. The molecule has 2 heterocycles. The molecule has 4 heteroatoms. The van der Waals surface area contributed by atoms with Crippen molar-refractivity contribution in [2.45, 2.75) is 44.4 Å². The molecule has 0 saturated carbocycles. The first-order chi connectivity index (χ1) is 13.9. The quantitative estimate of drug-likeness (QED) is 0.656. The Hall–Kier alpha value is -2.56. The Labute approximate surface area is 166 Å². The van der Waals surface area contributed by atoms with E-state index >= 15 is 0 Å². The van der Waals surface area contributed by atoms with Crippen LogP contribution >= 0.6 is 0 Å². The second-order valence-electron chi connectivity index (χ2n) is 6.99. The lowest BCUT2D eigenvalue weighted by Gasteiger charge is -2.34. The van der Waals surface area contributed by atoms with Gasteiger partial charge in [-0.3, -0.25) is 0 Å². The summed E-state index contributed by atoms with van der Waals surface area (Å²) in [5.74, 6) is 0.760. The van der Waals surface area contributed by atoms with Crippen molar-refractivity contribution in [2.24, 2.45) is 0 Å². The molecule has 0 amide bonds. The number of rotatable bonds is 7. The molecule has 0 spiro atoms. The molecule has 146 valence electrons. The van der Waals surface area contributed by atoms with Crippen LogP contribution in [-0.2, 0) is 25.6 Å². The third-order valence-corrected chi connectivity index (χ3v) is 4.93. The molecule has 2 aromatic rings. The molecule has 28 heavy (non-hydrogen) atoms. The van der Waals surface area contributed by atoms with Crippen LogP contribution in [0.15, 0.2) is 84.8 Å². The molecule has 4 nitrogen and oxygen atoms in total. The molecular weight excluding hydrogens is 352 g/mol. The highest BCUT2D eigenvalue weighted by atomic mass is 16.7. The predicted octanol–water partition coefficient (Wildman–Crippen LogP) is 5.28. The van der Waals surface area contributed by atoms with Gasteiger partial charge in [0.25, 0.3) is 0 Å². The van der Waals surface area contributed by atoms with Gasteiger partial charge in [0.1, 0.15) is 18.5 Å². The molecule has 0 radical (unpaired) electrons. The second-order valence-corrected chi connectivity index (χ2v) is 6.99. The molecular formula is C24H26O4. The van der Waals surface area contributed by atoms with E-state index in [9.17, 15) is 0 Å². The minimum absolute atomic E-state index is 0.219. The van der Waals surface area contributed by atoms with Crippen LogP contribution in [0.4, 0.5) is 0 Å². The molecule has 0 aliphatic carbocycles. The number of hydrogen-bond acceptors (Lipinski definition) is 4. The summed E-state index contributed by atoms with van der Waals surface area (Å²) in [5, 5.41) is 0. The van der Waals surface area contributed by atoms with Crippen molar-refractivity contribution in [1.29, 1.82) is 0 Å². The fourth-order valence-corrected chi connectivity index (χ4v) is 3.47. The van der Waals surface area contributed by atoms with Gasteiger partial charge < -0.3 is 18.9 Å². The van der Waals surface area contributed by atoms with Crippen molar-refractivity contribution in [3.63, 3.8) is 0 Å². The van der Waals surface area contributed by atoms with Crippen LogP contribution in [0.5, 0.6) is 0 Å². The first-order valence-corrected chi connectivity index (χ1v) is 9.91. The van der Waals surface area contributed by atoms with Crippen LogP contribution in [0.1, 0.15) is 36.5 Å². The molecule has 3 atom stereocenters. The summed E-state index contributed by atoms with van der Waals surface area (Å²) in [6.45, 7) is 1.23. The number of allylic oxidation sites excluding steroid dienone is 2. The van der Waals surface area contributed by atoms with Gasteiger partial charge >= 0.3 is 0 Å². The van der Waals surface area contributed by atoms with Gasteiger partial charge in [-0.1, -0.05) is 60.7 Å². The van der Waals surface area contributed by atoms with Gasteiger partial charge in [0, 0.05) is 6.61 Å². The molecule has 1 saturated heterocycles. The van der Waals surface area contributed by atoms with Crippen molar-refractivity contribution >= 4 is 0 Å². The Morgan fingerprint density at radius 3 is 2.50 bits per heavy atom. The van der Waals surface area contributed by atoms with Crippen molar-refractivity contribution in [3.8, 4) is 0 Å². The van der Waals surface area contributed by atoms with Gasteiger partial charge in [0.05, 0.1) is 6.26 Å². The van der Waals surface area contributed by atoms with Crippen molar-refractivity contribution in [1.82, 2.24) is 0 Å². The van der Waals surface area contributed by atoms with Crippen LogP contribution in [0, 0.1) is 0 Å². The van der Waals surface area contributed by atoms with Crippen molar-refractivity contribution < 1.29 is 18.9 Å². The normalized spacial score (nSPS) is 22.8. The molecule has 4 rings (SSSR count). The van der Waals surface area contributed by atoms with Crippen LogP contribution in [-0.4, -0.2) is 19.0 Å². The molecule has 1 fully saturated rings. The van der Waals surface area contributed by atoms with E-state index in [1.54, 1.807) is 6.26 Å². The van der Waals surface area contributed by atoms with Gasteiger partial charge in [-0.15, -0.1) is 0 Å². The van der Waals surface area contributed by atoms with Crippen molar-refractivity contribution in [2.75, 3.05) is 6.61 Å². The number of ether oxygens (including phenoxy) is 4. The highest BCUT2D eigenvalue weighted by Crippen LogP contribution is 2.34. The largest absolute Gasteiger partial charge is 0.489 e. The maximum absolute atomic E-state index is 6.40. The highest BCUT2D eigenvalue weighted by molar-refractivity contribution is 5.25. The van der Waals surface area contributed by atoms with Crippen LogP contribution in [0.3, 0.4) is 0 Å². The van der Waals surface area contributed by atoms with E-state index in [0.29, 0.717) is 6.61 Å². The zero-order valence-corrected chi connectivity index (χ0v) is 15.9. The Kier molecular flexibility index (Phi) is 6.43. The van der Waals surface area contributed by atoms with E-state index in [2.05, 4.69) is 24.3 Å². The lowest BCUT2D eigenvalue weighted by atomic mass is 10.0. The fourth-order valence-electron chi connectivity index (χ4n) is 3.47. The number of hydrogen-bond donors (Lipinski definition) is 0. The molecule has 0 aromatic heterocycles. The summed E-state index contributed by atoms with van der Waals surface area (Å²) >= 11 is 0. The average molecular weight is 378 g/mol. The maximum atomic E-state index is 6.40. The Morgan fingerprint density at radius 2 is 1.75 bits per heavy atom. The molecule has 3 unspecified atom stereocenters. The monoisotopic (exact) mass is 378 g/mol. The molecule has 2 aliphatic heterocycles. The lowest BCUT2D eigenvalue weighted by molar-refractivity contribution is -0.209. The van der Waals surface area contributed by atoms with Crippen LogP contribution < -0.4 is 0 Å². The molecule has 2 aliphatic rings. The standard InChI is InChI=1S/C24H26O4/c1-3-10-19(11-4-1)18-27-21-14-9-17-26-24(21)23(20-12-5-2-6-13-20)28-22-15-7-8-16-25-22/h1-6,9-14,17,22-24H,7-8,15-16,18H2. The third-order valence-electron chi connectivity index (χ3n) is 4.93. The maximum Gasteiger partial charge on any atom is 0.185 e. The minimum Gasteiger partial charge on any atom is -0.489 e. The second kappa shape index (κ2) is 9.58. The molecule has 2 aromatic carbocycles. The van der Waals surface area contributed by atoms with E-state index in [-0.39, 0.29) is 18.5 Å². The van der Waals surface area contributed by atoms with Gasteiger partial charge in [-0.2, -0.15) is 0 Å². The molecule has 0 N–H and O–H groups in total. The first-order valence-electron chi connectivity index (χ1n) is 9.91. The van der Waals surface area contributed by atoms with Gasteiger partial charge in [0.15, 0.2) is 12.4 Å². The summed E-state index contributed by atoms with van der Waals surface area (Å²) < 4.78 is 24.3. The topological polar surface area (TPSA) is 36.9 Å². The summed E-state index contributed by atoms with van der Waals surface area (Å²) in [4.78, 5) is 0. The van der Waals surface area contributed by atoms with Crippen LogP contribution in [0.2, 0.25) is 0 Å². The smallest absolute Gasteiger partial charge is 0.185 e.